The minimum absolute atomic E-state index is 0.0371. The first-order chi connectivity index (χ1) is 12.8. The van der Waals surface area contributed by atoms with E-state index in [1.54, 1.807) is 35.8 Å². The minimum atomic E-state index is -0.293. The Labute approximate surface area is 167 Å². The third kappa shape index (κ3) is 3.91. The molecular formula is C17H17BrFN5O2S. The summed E-state index contributed by atoms with van der Waals surface area (Å²) in [5, 5.41) is 6.85. The second-order valence-electron chi connectivity index (χ2n) is 6.29. The number of carbonyl (C=O) groups excluding carboxylic acids is 1. The number of halogens is 2. The summed E-state index contributed by atoms with van der Waals surface area (Å²) in [7, 11) is 0. The number of carbonyl (C=O) groups is 1. The second-order valence-corrected chi connectivity index (χ2v) is 7.62. The Morgan fingerprint density at radius 3 is 2.59 bits per heavy atom. The first-order valence-electron chi connectivity index (χ1n) is 8.16. The predicted octanol–water partition coefficient (Wildman–Crippen LogP) is 3.70. The molecule has 1 aromatic carbocycles. The van der Waals surface area contributed by atoms with E-state index < -0.39 is 0 Å². The topological polar surface area (TPSA) is 81.3 Å². The van der Waals surface area contributed by atoms with Crippen molar-refractivity contribution in [2.75, 3.05) is 5.32 Å². The normalized spacial score (nSPS) is 11.3. The van der Waals surface area contributed by atoms with Crippen molar-refractivity contribution in [2.24, 2.45) is 0 Å². The van der Waals surface area contributed by atoms with Crippen molar-refractivity contribution in [1.29, 1.82) is 0 Å². The molecule has 0 aliphatic rings. The van der Waals surface area contributed by atoms with Crippen molar-refractivity contribution >= 4 is 45.5 Å². The third-order valence-electron chi connectivity index (χ3n) is 4.13. The molecule has 2 aromatic heterocycles. The molecule has 1 amide bonds. The molecule has 10 heteroatoms. The quantitative estimate of drug-likeness (QED) is 0.636. The fraction of sp³-hybridized carbons (Fsp3) is 0.294. The molecule has 0 saturated heterocycles. The molecular weight excluding hydrogens is 437 g/mol. The number of hydrogen-bond donors (Lipinski definition) is 1. The Hall–Kier alpha value is -2.20. The van der Waals surface area contributed by atoms with Crippen LogP contribution >= 0.6 is 28.1 Å². The zero-order valence-electron chi connectivity index (χ0n) is 14.9. The molecule has 7 nitrogen and oxygen atoms in total. The highest BCUT2D eigenvalue weighted by Gasteiger charge is 2.20. The highest BCUT2D eigenvalue weighted by atomic mass is 79.9. The summed E-state index contributed by atoms with van der Waals surface area (Å²) in [6.07, 6.45) is 0. The number of amides is 1. The van der Waals surface area contributed by atoms with Crippen molar-refractivity contribution < 1.29 is 8.68 Å². The summed E-state index contributed by atoms with van der Waals surface area (Å²) < 4.78 is 15.7. The number of hydrogen-bond acceptors (Lipinski definition) is 5. The molecule has 142 valence electrons. The minimum Gasteiger partial charge on any atom is -0.325 e. The smallest absolute Gasteiger partial charge is 0.279 e. The van der Waals surface area contributed by atoms with Crippen LogP contribution in [0.15, 0.2) is 38.7 Å². The van der Waals surface area contributed by atoms with Crippen molar-refractivity contribution in [3.05, 3.63) is 50.6 Å². The van der Waals surface area contributed by atoms with Gasteiger partial charge in [0.15, 0.2) is 0 Å². The van der Waals surface area contributed by atoms with Gasteiger partial charge in [0, 0.05) is 21.8 Å². The van der Waals surface area contributed by atoms with Gasteiger partial charge >= 0.3 is 0 Å². The first kappa shape index (κ1) is 19.6. The number of rotatable bonds is 5. The number of fused-ring (bicyclic) bond motifs is 1. The lowest BCUT2D eigenvalue weighted by atomic mass is 10.0. The van der Waals surface area contributed by atoms with Crippen LogP contribution < -0.4 is 10.9 Å². The van der Waals surface area contributed by atoms with Crippen molar-refractivity contribution in [1.82, 2.24) is 19.2 Å². The van der Waals surface area contributed by atoms with E-state index in [0.29, 0.717) is 21.8 Å². The lowest BCUT2D eigenvalue weighted by Crippen LogP contribution is -2.29. The molecule has 0 unspecified atom stereocenters. The average Bonchev–Trinajstić information content (AvgIpc) is 3.01. The zero-order valence-corrected chi connectivity index (χ0v) is 17.3. The van der Waals surface area contributed by atoms with Gasteiger partial charge in [-0.3, -0.25) is 9.59 Å². The highest BCUT2D eigenvalue weighted by Crippen LogP contribution is 2.21. The number of nitrogens with one attached hydrogen (secondary N) is 1. The maximum absolute atomic E-state index is 12.7. The van der Waals surface area contributed by atoms with E-state index in [1.165, 1.54) is 4.52 Å². The van der Waals surface area contributed by atoms with Crippen molar-refractivity contribution in [3.8, 4) is 0 Å². The summed E-state index contributed by atoms with van der Waals surface area (Å²) in [4.78, 5) is 29.9. The lowest BCUT2D eigenvalue weighted by Gasteiger charge is -2.17. The molecule has 0 saturated carbocycles. The van der Waals surface area contributed by atoms with Crippen LogP contribution in [0.1, 0.15) is 31.0 Å². The van der Waals surface area contributed by atoms with E-state index in [0.717, 1.165) is 0 Å². The van der Waals surface area contributed by atoms with E-state index >= 15 is 0 Å². The van der Waals surface area contributed by atoms with E-state index in [2.05, 4.69) is 31.3 Å². The van der Waals surface area contributed by atoms with Crippen LogP contribution in [0.4, 0.5) is 9.57 Å². The van der Waals surface area contributed by atoms with Crippen molar-refractivity contribution in [3.63, 3.8) is 0 Å². The highest BCUT2D eigenvalue weighted by molar-refractivity contribution is 9.10. The van der Waals surface area contributed by atoms with Gasteiger partial charge in [-0.1, -0.05) is 13.8 Å². The van der Waals surface area contributed by atoms with Gasteiger partial charge in [0.05, 0.1) is 12.1 Å². The number of benzene rings is 1. The molecule has 0 spiro atoms. The van der Waals surface area contributed by atoms with E-state index in [-0.39, 0.29) is 46.6 Å². The van der Waals surface area contributed by atoms with Gasteiger partial charge < -0.3 is 9.88 Å². The molecule has 1 N–H and O–H groups in total. The lowest BCUT2D eigenvalue weighted by molar-refractivity contribution is -0.116. The second kappa shape index (κ2) is 7.81. The van der Waals surface area contributed by atoms with Crippen LogP contribution in [0.5, 0.6) is 0 Å². The molecule has 0 aliphatic heterocycles. The molecule has 0 bridgehead atoms. The van der Waals surface area contributed by atoms with Crippen LogP contribution in [0.2, 0.25) is 0 Å². The molecule has 3 aromatic rings. The molecule has 0 radical (unpaired) electrons. The van der Waals surface area contributed by atoms with Gasteiger partial charge in [0.2, 0.25) is 16.4 Å². The van der Waals surface area contributed by atoms with E-state index in [9.17, 15) is 13.5 Å². The van der Waals surface area contributed by atoms with Gasteiger partial charge in [-0.15, -0.1) is 5.10 Å². The molecule has 27 heavy (non-hydrogen) atoms. The van der Waals surface area contributed by atoms with Gasteiger partial charge in [0.1, 0.15) is 6.54 Å². The van der Waals surface area contributed by atoms with Crippen LogP contribution in [-0.2, 0) is 11.3 Å². The number of nitrogens with zero attached hydrogens (tertiary/aromatic N) is 4. The number of aromatic nitrogens is 4. The third-order valence-corrected chi connectivity index (χ3v) is 4.92. The zero-order chi connectivity index (χ0) is 19.7. The van der Waals surface area contributed by atoms with Gasteiger partial charge in [-0.2, -0.15) is 13.4 Å². The Bertz CT molecular complexity index is 1060. The SMILES string of the molecule is Cc1c(C(C)C)c(=O)n2nc(Br)nc2n1CC(=O)Nc1ccc(SF)cc1. The summed E-state index contributed by atoms with van der Waals surface area (Å²) in [6, 6.07) is 6.41. The van der Waals surface area contributed by atoms with Crippen LogP contribution in [0.3, 0.4) is 0 Å². The summed E-state index contributed by atoms with van der Waals surface area (Å²) in [6.45, 7) is 5.58. The fourth-order valence-electron chi connectivity index (χ4n) is 2.94. The maximum Gasteiger partial charge on any atom is 0.279 e. The fourth-order valence-corrected chi connectivity index (χ4v) is 3.50. The molecule has 0 atom stereocenters. The average molecular weight is 454 g/mol. The monoisotopic (exact) mass is 453 g/mol. The predicted molar refractivity (Wildman–Crippen MR) is 106 cm³/mol. The van der Waals surface area contributed by atoms with Gasteiger partial charge in [0.25, 0.3) is 5.56 Å². The van der Waals surface area contributed by atoms with E-state index in [4.69, 9.17) is 0 Å². The molecule has 2 heterocycles. The van der Waals surface area contributed by atoms with Gasteiger partial charge in [-0.25, -0.2) is 0 Å². The Morgan fingerprint density at radius 2 is 2.00 bits per heavy atom. The van der Waals surface area contributed by atoms with Gasteiger partial charge in [-0.05, 0) is 53.0 Å². The summed E-state index contributed by atoms with van der Waals surface area (Å²) in [5.74, 6) is -0.0452. The van der Waals surface area contributed by atoms with Crippen LogP contribution in [0.25, 0.3) is 5.78 Å². The first-order valence-corrected chi connectivity index (χ1v) is 9.67. The Morgan fingerprint density at radius 1 is 1.33 bits per heavy atom. The number of anilines is 1. The Balaban J connectivity index is 1.97. The largest absolute Gasteiger partial charge is 0.325 e. The Kier molecular flexibility index (Phi) is 5.66. The maximum atomic E-state index is 12.7. The van der Waals surface area contributed by atoms with E-state index in [1.807, 2.05) is 13.8 Å². The standard InChI is InChI=1S/C17H17BrFN5O2S/c1-9(2)14-10(3)23(17-21-16(18)22-24(17)15(14)26)8-13(25)20-11-4-6-12(27-19)7-5-11/h4-7,9H,8H2,1-3H3,(H,20,25). The summed E-state index contributed by atoms with van der Waals surface area (Å²) >= 11 is 3.33. The van der Waals surface area contributed by atoms with Crippen molar-refractivity contribution in [2.45, 2.75) is 38.1 Å². The molecule has 0 fully saturated rings. The molecule has 0 aliphatic carbocycles. The summed E-state index contributed by atoms with van der Waals surface area (Å²) in [5.41, 5.74) is 1.56. The van der Waals surface area contributed by atoms with Crippen LogP contribution in [0, 0.1) is 6.92 Å². The van der Waals surface area contributed by atoms with Crippen LogP contribution in [-0.4, -0.2) is 25.1 Å². The molecule has 3 rings (SSSR count).